The maximum atomic E-state index is 12.8. The van der Waals surface area contributed by atoms with Crippen molar-refractivity contribution in [2.75, 3.05) is 18.6 Å². The number of hydrogen-bond donors (Lipinski definition) is 2. The molecule has 2 atom stereocenters. The van der Waals surface area contributed by atoms with Gasteiger partial charge in [-0.2, -0.15) is 0 Å². The molecule has 1 heterocycles. The number of nitrogens with one attached hydrogen (secondary N) is 1. The number of aliphatic hydroxyl groups is 1. The van der Waals surface area contributed by atoms with Crippen LogP contribution in [0.1, 0.15) is 82.8 Å². The van der Waals surface area contributed by atoms with Gasteiger partial charge in [0.15, 0.2) is 0 Å². The van der Waals surface area contributed by atoms with Gasteiger partial charge in [-0.25, -0.2) is 0 Å². The lowest BCUT2D eigenvalue weighted by molar-refractivity contribution is -0.123. The zero-order valence-corrected chi connectivity index (χ0v) is 20.1. The molecule has 1 aliphatic heterocycles. The third kappa shape index (κ3) is 6.99. The van der Waals surface area contributed by atoms with Crippen molar-refractivity contribution in [3.8, 4) is 0 Å². The summed E-state index contributed by atoms with van der Waals surface area (Å²) in [6, 6.07) is 4.06. The van der Waals surface area contributed by atoms with Gasteiger partial charge in [0.2, 0.25) is 5.91 Å². The molecule has 1 aromatic carbocycles. The van der Waals surface area contributed by atoms with Gasteiger partial charge in [-0.15, -0.1) is 0 Å². The Morgan fingerprint density at radius 2 is 1.79 bits per heavy atom. The standard InChI is InChI=1S/C24H39BrN2O2/c1-4-6-8-9-10-11-12-18-16-23-19(15-21(18)25)14-20(17-28)26-24(29)22(27(23)3)13-7-5-2/h15-16,20,22,28H,4-14,17H2,1-3H3,(H,26,29)/t20-,22-/m0/s1. The van der Waals surface area contributed by atoms with Crippen molar-refractivity contribution in [2.45, 2.75) is 96.6 Å². The highest BCUT2D eigenvalue weighted by Crippen LogP contribution is 2.33. The highest BCUT2D eigenvalue weighted by Gasteiger charge is 2.30. The van der Waals surface area contributed by atoms with E-state index < -0.39 is 0 Å². The third-order valence-electron chi connectivity index (χ3n) is 6.06. The Labute approximate surface area is 185 Å². The fraction of sp³-hybridized carbons (Fsp3) is 0.708. The molecule has 164 valence electrons. The first-order valence-corrected chi connectivity index (χ1v) is 12.3. The van der Waals surface area contributed by atoms with Gasteiger partial charge in [-0.3, -0.25) is 4.79 Å². The largest absolute Gasteiger partial charge is 0.394 e. The zero-order chi connectivity index (χ0) is 21.2. The molecule has 29 heavy (non-hydrogen) atoms. The lowest BCUT2D eigenvalue weighted by atomic mass is 9.95. The second-order valence-corrected chi connectivity index (χ2v) is 9.31. The topological polar surface area (TPSA) is 52.6 Å². The molecule has 0 bridgehead atoms. The predicted octanol–water partition coefficient (Wildman–Crippen LogP) is 5.38. The Bertz CT molecular complexity index is 650. The lowest BCUT2D eigenvalue weighted by Crippen LogP contribution is -2.52. The first kappa shape index (κ1) is 24.2. The van der Waals surface area contributed by atoms with Crippen molar-refractivity contribution in [1.82, 2.24) is 5.32 Å². The Morgan fingerprint density at radius 3 is 2.48 bits per heavy atom. The summed E-state index contributed by atoms with van der Waals surface area (Å²) >= 11 is 3.78. The third-order valence-corrected chi connectivity index (χ3v) is 6.80. The van der Waals surface area contributed by atoms with Crippen LogP contribution in [-0.2, 0) is 17.6 Å². The van der Waals surface area contributed by atoms with Gasteiger partial charge < -0.3 is 15.3 Å². The van der Waals surface area contributed by atoms with Crippen LogP contribution in [0.2, 0.25) is 0 Å². The molecule has 4 nitrogen and oxygen atoms in total. The van der Waals surface area contributed by atoms with E-state index in [2.05, 4.69) is 52.1 Å². The average molecular weight is 467 g/mol. The number of carbonyl (C=O) groups is 1. The van der Waals surface area contributed by atoms with Gasteiger partial charge in [0.1, 0.15) is 6.04 Å². The summed E-state index contributed by atoms with van der Waals surface area (Å²) in [4.78, 5) is 15.0. The van der Waals surface area contributed by atoms with Crippen LogP contribution in [0.25, 0.3) is 0 Å². The number of unbranched alkanes of at least 4 members (excludes halogenated alkanes) is 6. The summed E-state index contributed by atoms with van der Waals surface area (Å²) in [6.45, 7) is 4.37. The molecule has 1 amide bonds. The first-order chi connectivity index (χ1) is 14.0. The number of aliphatic hydroxyl groups excluding tert-OH is 1. The fourth-order valence-electron chi connectivity index (χ4n) is 4.22. The maximum absolute atomic E-state index is 12.8. The van der Waals surface area contributed by atoms with Gasteiger partial charge in [-0.05, 0) is 48.9 Å². The summed E-state index contributed by atoms with van der Waals surface area (Å²) in [5.41, 5.74) is 3.65. The highest BCUT2D eigenvalue weighted by molar-refractivity contribution is 9.10. The smallest absolute Gasteiger partial charge is 0.242 e. The van der Waals surface area contributed by atoms with Crippen molar-refractivity contribution in [1.29, 1.82) is 0 Å². The first-order valence-electron chi connectivity index (χ1n) is 11.5. The van der Waals surface area contributed by atoms with E-state index in [0.29, 0.717) is 6.42 Å². The number of amides is 1. The SMILES string of the molecule is CCCCCCCCc1cc2c(cc1Br)C[C@@H](CO)NC(=O)[C@H](CCCC)N2C. The molecule has 2 rings (SSSR count). The average Bonchev–Trinajstić information content (AvgIpc) is 2.70. The zero-order valence-electron chi connectivity index (χ0n) is 18.5. The molecular formula is C24H39BrN2O2. The summed E-state index contributed by atoms with van der Waals surface area (Å²) < 4.78 is 1.15. The molecule has 5 heteroatoms. The Balaban J connectivity index is 2.21. The molecule has 0 fully saturated rings. The van der Waals surface area contributed by atoms with Gasteiger partial charge in [-0.1, -0.05) is 74.7 Å². The molecule has 2 N–H and O–H groups in total. The van der Waals surface area contributed by atoms with Crippen LogP contribution in [0.4, 0.5) is 5.69 Å². The quantitative estimate of drug-likeness (QED) is 0.430. The number of rotatable bonds is 11. The van der Waals surface area contributed by atoms with Crippen molar-refractivity contribution < 1.29 is 9.90 Å². The van der Waals surface area contributed by atoms with E-state index in [1.54, 1.807) is 0 Å². The minimum Gasteiger partial charge on any atom is -0.394 e. The second kappa shape index (κ2) is 12.6. The Morgan fingerprint density at radius 1 is 1.10 bits per heavy atom. The number of carbonyl (C=O) groups excluding carboxylic acids is 1. The summed E-state index contributed by atoms with van der Waals surface area (Å²) in [7, 11) is 2.04. The summed E-state index contributed by atoms with van der Waals surface area (Å²) in [5, 5.41) is 12.8. The number of aryl methyl sites for hydroxylation is 1. The number of anilines is 1. The number of halogens is 1. The predicted molar refractivity (Wildman–Crippen MR) is 126 cm³/mol. The van der Waals surface area contributed by atoms with Crippen molar-refractivity contribution in [3.05, 3.63) is 27.7 Å². The van der Waals surface area contributed by atoms with Crippen LogP contribution in [0.15, 0.2) is 16.6 Å². The summed E-state index contributed by atoms with van der Waals surface area (Å²) in [6.07, 6.45) is 12.4. The van der Waals surface area contributed by atoms with Crippen LogP contribution >= 0.6 is 15.9 Å². The number of likely N-dealkylation sites (N-methyl/N-ethyl adjacent to an activating group) is 1. The Kier molecular flexibility index (Phi) is 10.5. The van der Waals surface area contributed by atoms with E-state index in [-0.39, 0.29) is 24.6 Å². The summed E-state index contributed by atoms with van der Waals surface area (Å²) in [5.74, 6) is 0.0334. The van der Waals surface area contributed by atoms with Crippen LogP contribution in [0.3, 0.4) is 0 Å². The van der Waals surface area contributed by atoms with Crippen LogP contribution in [0.5, 0.6) is 0 Å². The molecule has 0 saturated heterocycles. The van der Waals surface area contributed by atoms with E-state index in [1.165, 1.54) is 49.7 Å². The van der Waals surface area contributed by atoms with Crippen LogP contribution < -0.4 is 10.2 Å². The van der Waals surface area contributed by atoms with E-state index in [9.17, 15) is 9.90 Å². The highest BCUT2D eigenvalue weighted by atomic mass is 79.9. The molecular weight excluding hydrogens is 428 g/mol. The van der Waals surface area contributed by atoms with Gasteiger partial charge >= 0.3 is 0 Å². The molecule has 0 spiro atoms. The monoisotopic (exact) mass is 466 g/mol. The molecule has 0 saturated carbocycles. The van der Waals surface area contributed by atoms with Gasteiger partial charge in [0, 0.05) is 17.2 Å². The lowest BCUT2D eigenvalue weighted by Gasteiger charge is -2.35. The van der Waals surface area contributed by atoms with Crippen molar-refractivity contribution in [2.24, 2.45) is 0 Å². The van der Waals surface area contributed by atoms with Gasteiger partial charge in [0.05, 0.1) is 12.6 Å². The normalized spacial score (nSPS) is 19.5. The van der Waals surface area contributed by atoms with Crippen LogP contribution in [0, 0.1) is 0 Å². The molecule has 0 aromatic heterocycles. The second-order valence-electron chi connectivity index (χ2n) is 8.45. The number of hydrogen-bond acceptors (Lipinski definition) is 3. The van der Waals surface area contributed by atoms with E-state index >= 15 is 0 Å². The van der Waals surface area contributed by atoms with Crippen molar-refractivity contribution >= 4 is 27.5 Å². The molecule has 0 radical (unpaired) electrons. The van der Waals surface area contributed by atoms with E-state index in [0.717, 1.165) is 35.8 Å². The van der Waals surface area contributed by atoms with E-state index in [4.69, 9.17) is 0 Å². The fourth-order valence-corrected chi connectivity index (χ4v) is 4.80. The minimum absolute atomic E-state index is 0.0334. The minimum atomic E-state index is -0.226. The van der Waals surface area contributed by atoms with Crippen LogP contribution in [-0.4, -0.2) is 36.8 Å². The number of fused-ring (bicyclic) bond motifs is 1. The van der Waals surface area contributed by atoms with Gasteiger partial charge in [0.25, 0.3) is 0 Å². The van der Waals surface area contributed by atoms with Crippen molar-refractivity contribution in [3.63, 3.8) is 0 Å². The number of nitrogens with zero attached hydrogens (tertiary/aromatic N) is 1. The molecule has 0 unspecified atom stereocenters. The Hall–Kier alpha value is -1.07. The van der Waals surface area contributed by atoms with E-state index in [1.807, 2.05) is 7.05 Å². The number of benzene rings is 1. The molecule has 1 aromatic rings. The molecule has 0 aliphatic carbocycles. The molecule has 1 aliphatic rings. The maximum Gasteiger partial charge on any atom is 0.242 e.